The first-order chi connectivity index (χ1) is 6.97. The van der Waals surface area contributed by atoms with E-state index in [0.29, 0.717) is 12.0 Å². The first-order valence-corrected chi connectivity index (χ1v) is 6.11. The predicted octanol–water partition coefficient (Wildman–Crippen LogP) is 2.28. The maximum Gasteiger partial charge on any atom is 0.0738 e. The van der Waals surface area contributed by atoms with E-state index in [4.69, 9.17) is 0 Å². The number of aryl methyl sites for hydroxylation is 2. The summed E-state index contributed by atoms with van der Waals surface area (Å²) in [4.78, 5) is 0. The summed E-state index contributed by atoms with van der Waals surface area (Å²) in [7, 11) is 4.01. The first-order valence-electron chi connectivity index (χ1n) is 5.32. The molecule has 1 heterocycles. The zero-order valence-corrected chi connectivity index (χ0v) is 11.7. The minimum Gasteiger partial charge on any atom is -0.317 e. The van der Waals surface area contributed by atoms with Crippen molar-refractivity contribution in [1.82, 2.24) is 15.1 Å². The molecule has 0 fully saturated rings. The Morgan fingerprint density at radius 2 is 2.07 bits per heavy atom. The average molecular weight is 274 g/mol. The van der Waals surface area contributed by atoms with Crippen LogP contribution in [0.5, 0.6) is 0 Å². The molecule has 2 unspecified atom stereocenters. The van der Waals surface area contributed by atoms with Crippen LogP contribution in [0.4, 0.5) is 0 Å². The highest BCUT2D eigenvalue weighted by molar-refractivity contribution is 9.10. The minimum absolute atomic E-state index is 0.520. The number of nitrogens with zero attached hydrogens (tertiary/aromatic N) is 2. The lowest BCUT2D eigenvalue weighted by Crippen LogP contribution is -2.30. The molecule has 1 aromatic heterocycles. The fourth-order valence-corrected chi connectivity index (χ4v) is 2.17. The highest BCUT2D eigenvalue weighted by atomic mass is 79.9. The molecule has 0 spiro atoms. The third-order valence-electron chi connectivity index (χ3n) is 3.09. The van der Waals surface area contributed by atoms with Crippen LogP contribution in [0.3, 0.4) is 0 Å². The van der Waals surface area contributed by atoms with E-state index in [1.165, 1.54) is 5.69 Å². The molecular formula is C11H20BrN3. The molecule has 0 aromatic carbocycles. The van der Waals surface area contributed by atoms with Crippen LogP contribution in [-0.2, 0) is 13.5 Å². The fourth-order valence-electron chi connectivity index (χ4n) is 1.67. The molecule has 1 rings (SSSR count). The molecule has 2 atom stereocenters. The summed E-state index contributed by atoms with van der Waals surface area (Å²) in [6.45, 7) is 6.50. The molecular weight excluding hydrogens is 254 g/mol. The average Bonchev–Trinajstić information content (AvgIpc) is 2.43. The molecule has 0 aliphatic carbocycles. The molecule has 1 N–H and O–H groups in total. The predicted molar refractivity (Wildman–Crippen MR) is 67.0 cm³/mol. The second kappa shape index (κ2) is 5.12. The van der Waals surface area contributed by atoms with E-state index in [1.807, 2.05) is 25.7 Å². The van der Waals surface area contributed by atoms with Gasteiger partial charge in [-0.1, -0.05) is 6.92 Å². The van der Waals surface area contributed by atoms with Crippen molar-refractivity contribution in [2.75, 3.05) is 7.05 Å². The quantitative estimate of drug-likeness (QED) is 0.912. The Kier molecular flexibility index (Phi) is 4.34. The first kappa shape index (κ1) is 12.7. The summed E-state index contributed by atoms with van der Waals surface area (Å²) in [6.07, 6.45) is 1.04. The second-order valence-corrected chi connectivity index (χ2v) is 5.02. The van der Waals surface area contributed by atoms with Crippen LogP contribution in [0.2, 0.25) is 0 Å². The van der Waals surface area contributed by atoms with E-state index in [9.17, 15) is 0 Å². The maximum absolute atomic E-state index is 4.40. The Labute approximate surface area is 100 Å². The van der Waals surface area contributed by atoms with Gasteiger partial charge >= 0.3 is 0 Å². The summed E-state index contributed by atoms with van der Waals surface area (Å²) >= 11 is 3.60. The Morgan fingerprint density at radius 1 is 1.47 bits per heavy atom. The lowest BCUT2D eigenvalue weighted by atomic mass is 9.98. The van der Waals surface area contributed by atoms with E-state index in [-0.39, 0.29) is 0 Å². The van der Waals surface area contributed by atoms with E-state index in [2.05, 4.69) is 40.2 Å². The number of nitrogens with one attached hydrogen (secondary N) is 1. The number of aromatic nitrogens is 2. The highest BCUT2D eigenvalue weighted by Crippen LogP contribution is 2.23. The molecule has 0 bridgehead atoms. The van der Waals surface area contributed by atoms with E-state index < -0.39 is 0 Å². The van der Waals surface area contributed by atoms with E-state index in [0.717, 1.165) is 16.6 Å². The topological polar surface area (TPSA) is 29.9 Å². The third-order valence-corrected chi connectivity index (χ3v) is 4.12. The van der Waals surface area contributed by atoms with Gasteiger partial charge in [0, 0.05) is 13.1 Å². The number of halogens is 1. The van der Waals surface area contributed by atoms with Crippen molar-refractivity contribution in [2.24, 2.45) is 13.0 Å². The van der Waals surface area contributed by atoms with Gasteiger partial charge in [-0.2, -0.15) is 5.10 Å². The maximum atomic E-state index is 4.40. The summed E-state index contributed by atoms with van der Waals surface area (Å²) in [5, 5.41) is 7.68. The van der Waals surface area contributed by atoms with Crippen LogP contribution < -0.4 is 5.32 Å². The number of hydrogen-bond acceptors (Lipinski definition) is 2. The van der Waals surface area contributed by atoms with Gasteiger partial charge in [0.15, 0.2) is 0 Å². The lowest BCUT2D eigenvalue weighted by Gasteiger charge is -2.19. The van der Waals surface area contributed by atoms with Crippen molar-refractivity contribution in [1.29, 1.82) is 0 Å². The smallest absolute Gasteiger partial charge is 0.0738 e. The molecule has 86 valence electrons. The lowest BCUT2D eigenvalue weighted by molar-refractivity contribution is 0.414. The Balaban J connectivity index is 2.80. The van der Waals surface area contributed by atoms with Gasteiger partial charge < -0.3 is 5.32 Å². The molecule has 0 radical (unpaired) electrons. The summed E-state index contributed by atoms with van der Waals surface area (Å²) in [5.74, 6) is 0.598. The molecule has 0 saturated heterocycles. The van der Waals surface area contributed by atoms with Gasteiger partial charge in [-0.15, -0.1) is 0 Å². The van der Waals surface area contributed by atoms with Crippen molar-refractivity contribution in [3.8, 4) is 0 Å². The van der Waals surface area contributed by atoms with Crippen LogP contribution in [0, 0.1) is 12.8 Å². The molecule has 0 aliphatic rings. The Morgan fingerprint density at radius 3 is 2.47 bits per heavy atom. The molecule has 0 aliphatic heterocycles. The molecule has 15 heavy (non-hydrogen) atoms. The largest absolute Gasteiger partial charge is 0.317 e. The monoisotopic (exact) mass is 273 g/mol. The minimum atomic E-state index is 0.520. The fraction of sp³-hybridized carbons (Fsp3) is 0.727. The van der Waals surface area contributed by atoms with Crippen molar-refractivity contribution in [2.45, 2.75) is 33.2 Å². The van der Waals surface area contributed by atoms with Crippen LogP contribution in [-0.4, -0.2) is 22.9 Å². The van der Waals surface area contributed by atoms with Crippen LogP contribution in [0.1, 0.15) is 25.2 Å². The van der Waals surface area contributed by atoms with Gasteiger partial charge in [-0.3, -0.25) is 4.68 Å². The molecule has 3 nitrogen and oxygen atoms in total. The van der Waals surface area contributed by atoms with Gasteiger partial charge in [0.25, 0.3) is 0 Å². The standard InChI is InChI=1S/C11H20BrN3/c1-7(8(2)13-4)6-10-11(12)9(3)14-15(10)5/h7-8,13H,6H2,1-5H3. The number of hydrogen-bond donors (Lipinski definition) is 1. The summed E-state index contributed by atoms with van der Waals surface area (Å²) in [6, 6.07) is 0.520. The van der Waals surface area contributed by atoms with Gasteiger partial charge in [0.2, 0.25) is 0 Å². The highest BCUT2D eigenvalue weighted by Gasteiger charge is 2.16. The summed E-state index contributed by atoms with van der Waals surface area (Å²) < 4.78 is 3.12. The molecule has 0 amide bonds. The van der Waals surface area contributed by atoms with Crippen molar-refractivity contribution in [3.05, 3.63) is 15.9 Å². The number of rotatable bonds is 4. The van der Waals surface area contributed by atoms with Gasteiger partial charge in [-0.25, -0.2) is 0 Å². The Hall–Kier alpha value is -0.350. The summed E-state index contributed by atoms with van der Waals surface area (Å²) in [5.41, 5.74) is 2.35. The van der Waals surface area contributed by atoms with Gasteiger partial charge in [0.1, 0.15) is 0 Å². The zero-order chi connectivity index (χ0) is 11.6. The van der Waals surface area contributed by atoms with E-state index in [1.54, 1.807) is 0 Å². The molecule has 0 saturated carbocycles. The van der Waals surface area contributed by atoms with Crippen LogP contribution in [0.15, 0.2) is 4.47 Å². The third kappa shape index (κ3) is 2.82. The zero-order valence-electron chi connectivity index (χ0n) is 10.1. The van der Waals surface area contributed by atoms with Crippen LogP contribution in [0.25, 0.3) is 0 Å². The Bertz CT molecular complexity index is 333. The van der Waals surface area contributed by atoms with Gasteiger partial charge in [0.05, 0.1) is 15.9 Å². The van der Waals surface area contributed by atoms with Crippen molar-refractivity contribution >= 4 is 15.9 Å². The second-order valence-electron chi connectivity index (χ2n) is 4.23. The normalized spacial score (nSPS) is 15.3. The van der Waals surface area contributed by atoms with Gasteiger partial charge in [-0.05, 0) is 49.2 Å². The van der Waals surface area contributed by atoms with Crippen molar-refractivity contribution < 1.29 is 0 Å². The van der Waals surface area contributed by atoms with Crippen LogP contribution >= 0.6 is 15.9 Å². The van der Waals surface area contributed by atoms with E-state index >= 15 is 0 Å². The molecule has 1 aromatic rings. The van der Waals surface area contributed by atoms with Crippen molar-refractivity contribution in [3.63, 3.8) is 0 Å². The molecule has 4 heteroatoms. The SMILES string of the molecule is CNC(C)C(C)Cc1c(Br)c(C)nn1C.